The van der Waals surface area contributed by atoms with Crippen molar-refractivity contribution in [3.63, 3.8) is 0 Å². The summed E-state index contributed by atoms with van der Waals surface area (Å²) in [5.41, 5.74) is 1.47. The van der Waals surface area contributed by atoms with E-state index in [9.17, 15) is 13.6 Å². The highest BCUT2D eigenvalue weighted by atomic mass is 19.3. The van der Waals surface area contributed by atoms with E-state index in [1.165, 1.54) is 12.1 Å². The standard InChI is InChI=1S/C18H23F2N3O3/c1-18(2,3)14-9-16(26-22-14)21-15(24)11-23(4)10-12-5-7-13(8-6-12)25-17(19)20/h5-9,17H,10-11H2,1-4H3,(H,21,24). The maximum Gasteiger partial charge on any atom is 0.387 e. The lowest BCUT2D eigenvalue weighted by atomic mass is 9.92. The van der Waals surface area contributed by atoms with Crippen LogP contribution in [-0.4, -0.2) is 36.2 Å². The fourth-order valence-corrected chi connectivity index (χ4v) is 2.25. The molecule has 0 radical (unpaired) electrons. The van der Waals surface area contributed by atoms with Crippen LogP contribution in [0.25, 0.3) is 0 Å². The molecule has 0 aliphatic rings. The average Bonchev–Trinajstić information content (AvgIpc) is 2.97. The van der Waals surface area contributed by atoms with Crippen molar-refractivity contribution < 1.29 is 22.8 Å². The molecule has 0 saturated heterocycles. The minimum absolute atomic E-state index is 0.101. The molecule has 0 aliphatic heterocycles. The van der Waals surface area contributed by atoms with Crippen LogP contribution in [0, 0.1) is 0 Å². The zero-order chi connectivity index (χ0) is 19.3. The SMILES string of the molecule is CN(CC(=O)Nc1cc(C(C)(C)C)no1)Cc1ccc(OC(F)F)cc1. The molecule has 6 nitrogen and oxygen atoms in total. The van der Waals surface area contributed by atoms with E-state index < -0.39 is 6.61 Å². The summed E-state index contributed by atoms with van der Waals surface area (Å²) < 4.78 is 33.7. The summed E-state index contributed by atoms with van der Waals surface area (Å²) in [4.78, 5) is 13.9. The number of alkyl halides is 2. The van der Waals surface area contributed by atoms with Gasteiger partial charge < -0.3 is 9.26 Å². The Morgan fingerprint density at radius 3 is 2.50 bits per heavy atom. The Morgan fingerprint density at radius 2 is 1.96 bits per heavy atom. The van der Waals surface area contributed by atoms with Gasteiger partial charge in [-0.2, -0.15) is 8.78 Å². The second-order valence-corrected chi connectivity index (χ2v) is 7.07. The van der Waals surface area contributed by atoms with Gasteiger partial charge in [0.1, 0.15) is 5.75 Å². The molecule has 1 N–H and O–H groups in total. The number of nitrogens with zero attached hydrogens (tertiary/aromatic N) is 2. The van der Waals surface area contributed by atoms with Crippen molar-refractivity contribution in [2.45, 2.75) is 39.3 Å². The molecule has 142 valence electrons. The van der Waals surface area contributed by atoms with Crippen LogP contribution in [0.1, 0.15) is 32.0 Å². The Labute approximate surface area is 151 Å². The Bertz CT molecular complexity index is 724. The number of halogens is 2. The van der Waals surface area contributed by atoms with E-state index in [0.717, 1.165) is 11.3 Å². The largest absolute Gasteiger partial charge is 0.435 e. The van der Waals surface area contributed by atoms with Gasteiger partial charge in [0.15, 0.2) is 0 Å². The molecule has 2 aromatic rings. The molecule has 1 amide bonds. The Morgan fingerprint density at radius 1 is 1.31 bits per heavy atom. The van der Waals surface area contributed by atoms with E-state index in [4.69, 9.17) is 4.52 Å². The number of benzene rings is 1. The maximum absolute atomic E-state index is 12.1. The van der Waals surface area contributed by atoms with Gasteiger partial charge in [0.05, 0.1) is 12.2 Å². The fraction of sp³-hybridized carbons (Fsp3) is 0.444. The lowest BCUT2D eigenvalue weighted by Gasteiger charge is -2.16. The third-order valence-corrected chi connectivity index (χ3v) is 3.56. The second-order valence-electron chi connectivity index (χ2n) is 7.07. The van der Waals surface area contributed by atoms with Crippen molar-refractivity contribution in [2.24, 2.45) is 0 Å². The zero-order valence-corrected chi connectivity index (χ0v) is 15.3. The minimum atomic E-state index is -2.85. The molecular weight excluding hydrogens is 344 g/mol. The number of ether oxygens (including phenoxy) is 1. The monoisotopic (exact) mass is 367 g/mol. The van der Waals surface area contributed by atoms with Crippen molar-refractivity contribution in [2.75, 3.05) is 18.9 Å². The first kappa shape index (κ1) is 19.8. The van der Waals surface area contributed by atoms with Crippen molar-refractivity contribution >= 4 is 11.8 Å². The highest BCUT2D eigenvalue weighted by Crippen LogP contribution is 2.23. The number of carbonyl (C=O) groups is 1. The first-order valence-corrected chi connectivity index (χ1v) is 8.13. The van der Waals surface area contributed by atoms with Crippen LogP contribution >= 0.6 is 0 Å². The van der Waals surface area contributed by atoms with Crippen molar-refractivity contribution in [3.8, 4) is 5.75 Å². The van der Waals surface area contributed by atoms with Crippen LogP contribution in [0.2, 0.25) is 0 Å². The lowest BCUT2D eigenvalue weighted by molar-refractivity contribution is -0.117. The highest BCUT2D eigenvalue weighted by Gasteiger charge is 2.20. The van der Waals surface area contributed by atoms with Crippen LogP contribution in [0.4, 0.5) is 14.7 Å². The summed E-state index contributed by atoms with van der Waals surface area (Å²) in [7, 11) is 1.78. The number of hydrogen-bond acceptors (Lipinski definition) is 5. The van der Waals surface area contributed by atoms with Gasteiger partial charge in [-0.05, 0) is 24.7 Å². The molecule has 0 aliphatic carbocycles. The van der Waals surface area contributed by atoms with Gasteiger partial charge in [0.25, 0.3) is 0 Å². The summed E-state index contributed by atoms with van der Waals surface area (Å²) in [6.07, 6.45) is 0. The molecule has 2 rings (SSSR count). The van der Waals surface area contributed by atoms with Gasteiger partial charge in [0, 0.05) is 18.0 Å². The first-order chi connectivity index (χ1) is 12.1. The summed E-state index contributed by atoms with van der Waals surface area (Å²) in [6.45, 7) is 3.78. The van der Waals surface area contributed by atoms with Crippen LogP contribution in [0.15, 0.2) is 34.9 Å². The summed E-state index contributed by atoms with van der Waals surface area (Å²) in [5.74, 6) is 0.174. The Hall–Kier alpha value is -2.48. The third-order valence-electron chi connectivity index (χ3n) is 3.56. The predicted octanol–water partition coefficient (Wildman–Crippen LogP) is 3.64. The molecule has 0 unspecified atom stereocenters. The van der Waals surface area contributed by atoms with E-state index >= 15 is 0 Å². The second kappa shape index (κ2) is 8.27. The molecule has 0 saturated carbocycles. The molecule has 0 bridgehead atoms. The van der Waals surface area contributed by atoms with Crippen LogP contribution in [0.3, 0.4) is 0 Å². The molecule has 1 heterocycles. The van der Waals surface area contributed by atoms with E-state index in [-0.39, 0.29) is 23.6 Å². The number of aromatic nitrogens is 1. The number of nitrogens with one attached hydrogen (secondary N) is 1. The molecule has 0 atom stereocenters. The van der Waals surface area contributed by atoms with E-state index in [2.05, 4.69) is 15.2 Å². The molecule has 1 aromatic carbocycles. The predicted molar refractivity (Wildman–Crippen MR) is 93.2 cm³/mol. The summed E-state index contributed by atoms with van der Waals surface area (Å²) in [5, 5.41) is 6.62. The van der Waals surface area contributed by atoms with Crippen LogP contribution < -0.4 is 10.1 Å². The third kappa shape index (κ3) is 6.11. The molecule has 0 spiro atoms. The topological polar surface area (TPSA) is 67.6 Å². The molecule has 0 fully saturated rings. The van der Waals surface area contributed by atoms with E-state index in [1.54, 1.807) is 30.1 Å². The highest BCUT2D eigenvalue weighted by molar-refractivity contribution is 5.90. The number of rotatable bonds is 7. The smallest absolute Gasteiger partial charge is 0.387 e. The van der Waals surface area contributed by atoms with Crippen molar-refractivity contribution in [1.29, 1.82) is 0 Å². The van der Waals surface area contributed by atoms with Crippen molar-refractivity contribution in [1.82, 2.24) is 10.1 Å². The quantitative estimate of drug-likeness (QED) is 0.809. The van der Waals surface area contributed by atoms with Gasteiger partial charge in [-0.25, -0.2) is 0 Å². The number of amides is 1. The van der Waals surface area contributed by atoms with Gasteiger partial charge in [0.2, 0.25) is 11.8 Å². The molecule has 8 heteroatoms. The number of hydrogen-bond donors (Lipinski definition) is 1. The fourth-order valence-electron chi connectivity index (χ4n) is 2.25. The maximum atomic E-state index is 12.1. The minimum Gasteiger partial charge on any atom is -0.435 e. The number of likely N-dealkylation sites (N-methyl/N-ethyl adjacent to an activating group) is 1. The molecule has 26 heavy (non-hydrogen) atoms. The Balaban J connectivity index is 1.84. The first-order valence-electron chi connectivity index (χ1n) is 8.13. The zero-order valence-electron chi connectivity index (χ0n) is 15.3. The molecular formula is C18H23F2N3O3. The van der Waals surface area contributed by atoms with Gasteiger partial charge in [-0.1, -0.05) is 38.1 Å². The normalized spacial score (nSPS) is 11.8. The van der Waals surface area contributed by atoms with Crippen LogP contribution in [0.5, 0.6) is 5.75 Å². The lowest BCUT2D eigenvalue weighted by Crippen LogP contribution is -2.29. The number of anilines is 1. The summed E-state index contributed by atoms with van der Waals surface area (Å²) in [6, 6.07) is 8.01. The van der Waals surface area contributed by atoms with Crippen molar-refractivity contribution in [3.05, 3.63) is 41.6 Å². The molecule has 1 aromatic heterocycles. The van der Waals surface area contributed by atoms with Gasteiger partial charge in [-0.15, -0.1) is 0 Å². The van der Waals surface area contributed by atoms with Gasteiger partial charge in [-0.3, -0.25) is 15.0 Å². The van der Waals surface area contributed by atoms with Crippen LogP contribution in [-0.2, 0) is 16.8 Å². The number of carbonyl (C=O) groups excluding carboxylic acids is 1. The average molecular weight is 367 g/mol. The van der Waals surface area contributed by atoms with E-state index in [0.29, 0.717) is 12.4 Å². The van der Waals surface area contributed by atoms with Gasteiger partial charge >= 0.3 is 6.61 Å². The van der Waals surface area contributed by atoms with E-state index in [1.807, 2.05) is 20.8 Å². The Kier molecular flexibility index (Phi) is 6.31. The summed E-state index contributed by atoms with van der Waals surface area (Å²) >= 11 is 0.